The van der Waals surface area contributed by atoms with Crippen molar-refractivity contribution < 1.29 is 9.59 Å². The van der Waals surface area contributed by atoms with Gasteiger partial charge in [0.05, 0.1) is 5.92 Å². The summed E-state index contributed by atoms with van der Waals surface area (Å²) < 4.78 is 0. The zero-order chi connectivity index (χ0) is 18.1. The number of hydrogen-bond acceptors (Lipinski definition) is 3. The highest BCUT2D eigenvalue weighted by atomic mass is 16.2. The summed E-state index contributed by atoms with van der Waals surface area (Å²) in [7, 11) is 0. The van der Waals surface area contributed by atoms with Crippen LogP contribution in [-0.2, 0) is 16.0 Å². The first-order valence-corrected chi connectivity index (χ1v) is 9.41. The number of piperidine rings is 1. The molecule has 5 heteroatoms. The van der Waals surface area contributed by atoms with Crippen LogP contribution in [0.4, 0.5) is 0 Å². The molecule has 1 aromatic carbocycles. The number of hydrogen-bond donors (Lipinski definition) is 2. The third-order valence-corrected chi connectivity index (χ3v) is 4.82. The standard InChI is InChI=1S/C20H31N3O2/c1-16-8-10-17(11-9-16)5-2-3-7-19(24)23-14-4-6-18(15-23)20(25)22-13-12-21/h8-11,18H,2-7,12-15,21H2,1H3,(H,22,25). The summed E-state index contributed by atoms with van der Waals surface area (Å²) in [5.74, 6) is 0.124. The van der Waals surface area contributed by atoms with Crippen molar-refractivity contribution in [3.05, 3.63) is 35.4 Å². The summed E-state index contributed by atoms with van der Waals surface area (Å²) >= 11 is 0. The molecular formula is C20H31N3O2. The summed E-state index contributed by atoms with van der Waals surface area (Å²) in [6, 6.07) is 8.58. The van der Waals surface area contributed by atoms with Gasteiger partial charge in [0.25, 0.3) is 0 Å². The third-order valence-electron chi connectivity index (χ3n) is 4.82. The summed E-state index contributed by atoms with van der Waals surface area (Å²) in [5.41, 5.74) is 8.02. The lowest BCUT2D eigenvalue weighted by molar-refractivity contribution is -0.135. The molecule has 5 nitrogen and oxygen atoms in total. The number of nitrogens with one attached hydrogen (secondary N) is 1. The summed E-state index contributed by atoms with van der Waals surface area (Å²) in [5, 5.41) is 2.83. The van der Waals surface area contributed by atoms with E-state index in [1.165, 1.54) is 11.1 Å². The minimum Gasteiger partial charge on any atom is -0.355 e. The van der Waals surface area contributed by atoms with Crippen molar-refractivity contribution in [3.63, 3.8) is 0 Å². The molecule has 1 unspecified atom stereocenters. The van der Waals surface area contributed by atoms with Gasteiger partial charge in [-0.15, -0.1) is 0 Å². The summed E-state index contributed by atoms with van der Waals surface area (Å²) in [4.78, 5) is 26.3. The Morgan fingerprint density at radius 1 is 1.24 bits per heavy atom. The van der Waals surface area contributed by atoms with E-state index in [-0.39, 0.29) is 17.7 Å². The summed E-state index contributed by atoms with van der Waals surface area (Å²) in [6.45, 7) is 4.36. The molecule has 3 N–H and O–H groups in total. The number of carbonyl (C=O) groups excluding carboxylic acids is 2. The van der Waals surface area contributed by atoms with Crippen LogP contribution in [0, 0.1) is 12.8 Å². The number of amides is 2. The van der Waals surface area contributed by atoms with Crippen LogP contribution in [0.3, 0.4) is 0 Å². The first-order chi connectivity index (χ1) is 12.1. The topological polar surface area (TPSA) is 75.4 Å². The Morgan fingerprint density at radius 2 is 2.00 bits per heavy atom. The largest absolute Gasteiger partial charge is 0.355 e. The molecule has 2 amide bonds. The predicted molar refractivity (Wildman–Crippen MR) is 100 cm³/mol. The van der Waals surface area contributed by atoms with E-state index >= 15 is 0 Å². The molecule has 0 radical (unpaired) electrons. The van der Waals surface area contributed by atoms with Crippen LogP contribution in [0.25, 0.3) is 0 Å². The number of benzene rings is 1. The van der Waals surface area contributed by atoms with Crippen LogP contribution in [-0.4, -0.2) is 42.9 Å². The molecule has 1 atom stereocenters. The van der Waals surface area contributed by atoms with Gasteiger partial charge in [0, 0.05) is 32.6 Å². The zero-order valence-electron chi connectivity index (χ0n) is 15.3. The van der Waals surface area contributed by atoms with Gasteiger partial charge in [0.2, 0.25) is 11.8 Å². The van der Waals surface area contributed by atoms with Crippen molar-refractivity contribution in [1.29, 1.82) is 0 Å². The monoisotopic (exact) mass is 345 g/mol. The zero-order valence-corrected chi connectivity index (χ0v) is 15.3. The number of aryl methyl sites for hydroxylation is 2. The van der Waals surface area contributed by atoms with Crippen molar-refractivity contribution in [1.82, 2.24) is 10.2 Å². The van der Waals surface area contributed by atoms with E-state index in [9.17, 15) is 9.59 Å². The highest BCUT2D eigenvalue weighted by molar-refractivity contribution is 5.81. The number of nitrogens with two attached hydrogens (primary N) is 1. The maximum atomic E-state index is 12.4. The first kappa shape index (κ1) is 19.4. The molecule has 1 fully saturated rings. The van der Waals surface area contributed by atoms with E-state index in [1.54, 1.807) is 0 Å². The van der Waals surface area contributed by atoms with Crippen LogP contribution in [0.15, 0.2) is 24.3 Å². The SMILES string of the molecule is Cc1ccc(CCCCC(=O)N2CCCC(C(=O)NCCN)C2)cc1. The van der Waals surface area contributed by atoms with Crippen molar-refractivity contribution in [2.24, 2.45) is 11.7 Å². The second kappa shape index (κ2) is 10.2. The van der Waals surface area contributed by atoms with E-state index in [2.05, 4.69) is 36.5 Å². The lowest BCUT2D eigenvalue weighted by atomic mass is 9.96. The van der Waals surface area contributed by atoms with E-state index in [1.807, 2.05) is 4.90 Å². The average Bonchev–Trinajstić information content (AvgIpc) is 2.64. The van der Waals surface area contributed by atoms with Crippen molar-refractivity contribution in [2.45, 2.75) is 45.4 Å². The normalized spacial score (nSPS) is 17.4. The fourth-order valence-electron chi connectivity index (χ4n) is 3.28. The van der Waals surface area contributed by atoms with Crippen LogP contribution in [0.2, 0.25) is 0 Å². The highest BCUT2D eigenvalue weighted by Crippen LogP contribution is 2.18. The van der Waals surface area contributed by atoms with Crippen LogP contribution in [0.5, 0.6) is 0 Å². The fourth-order valence-corrected chi connectivity index (χ4v) is 3.28. The average molecular weight is 345 g/mol. The second-order valence-corrected chi connectivity index (χ2v) is 6.95. The van der Waals surface area contributed by atoms with Gasteiger partial charge in [0.1, 0.15) is 0 Å². The lowest BCUT2D eigenvalue weighted by Gasteiger charge is -2.32. The van der Waals surface area contributed by atoms with Crippen LogP contribution >= 0.6 is 0 Å². The van der Waals surface area contributed by atoms with E-state index < -0.39 is 0 Å². The maximum Gasteiger partial charge on any atom is 0.224 e. The minimum absolute atomic E-state index is 0.0299. The van der Waals surface area contributed by atoms with Gasteiger partial charge in [-0.1, -0.05) is 29.8 Å². The number of likely N-dealkylation sites (tertiary alicyclic amines) is 1. The van der Waals surface area contributed by atoms with Gasteiger partial charge in [0.15, 0.2) is 0 Å². The number of carbonyl (C=O) groups is 2. The molecule has 0 bridgehead atoms. The quantitative estimate of drug-likeness (QED) is 0.708. The maximum absolute atomic E-state index is 12.4. The molecular weight excluding hydrogens is 314 g/mol. The van der Waals surface area contributed by atoms with Gasteiger partial charge in [-0.25, -0.2) is 0 Å². The van der Waals surface area contributed by atoms with Crippen molar-refractivity contribution in [2.75, 3.05) is 26.2 Å². The Balaban J connectivity index is 1.69. The van der Waals surface area contributed by atoms with E-state index in [4.69, 9.17) is 5.73 Å². The Bertz CT molecular complexity index is 557. The second-order valence-electron chi connectivity index (χ2n) is 6.95. The Morgan fingerprint density at radius 3 is 2.72 bits per heavy atom. The Hall–Kier alpha value is -1.88. The molecule has 1 heterocycles. The predicted octanol–water partition coefficient (Wildman–Crippen LogP) is 2.02. The molecule has 1 aromatic rings. The minimum atomic E-state index is -0.0863. The fraction of sp³-hybridized carbons (Fsp3) is 0.600. The number of unbranched alkanes of at least 4 members (excludes halogenated alkanes) is 1. The van der Waals surface area contributed by atoms with Gasteiger partial charge in [-0.3, -0.25) is 9.59 Å². The van der Waals surface area contributed by atoms with Gasteiger partial charge < -0.3 is 16.0 Å². The van der Waals surface area contributed by atoms with Gasteiger partial charge in [-0.05, 0) is 44.6 Å². The molecule has 1 aliphatic heterocycles. The third kappa shape index (κ3) is 6.50. The Kier molecular flexibility index (Phi) is 7.92. The smallest absolute Gasteiger partial charge is 0.224 e. The molecule has 2 rings (SSSR count). The molecule has 0 spiro atoms. The number of rotatable bonds is 8. The molecule has 25 heavy (non-hydrogen) atoms. The first-order valence-electron chi connectivity index (χ1n) is 9.41. The molecule has 0 saturated carbocycles. The van der Waals surface area contributed by atoms with Crippen molar-refractivity contribution in [3.8, 4) is 0 Å². The number of nitrogens with zero attached hydrogens (tertiary/aromatic N) is 1. The molecule has 1 aliphatic rings. The molecule has 138 valence electrons. The Labute approximate surface area is 151 Å². The lowest BCUT2D eigenvalue weighted by Crippen LogP contribution is -2.46. The van der Waals surface area contributed by atoms with Crippen LogP contribution < -0.4 is 11.1 Å². The molecule has 0 aliphatic carbocycles. The van der Waals surface area contributed by atoms with Crippen molar-refractivity contribution >= 4 is 11.8 Å². The van der Waals surface area contributed by atoms with Crippen LogP contribution in [0.1, 0.15) is 43.2 Å². The highest BCUT2D eigenvalue weighted by Gasteiger charge is 2.27. The summed E-state index contributed by atoms with van der Waals surface area (Å²) in [6.07, 6.45) is 5.25. The molecule has 1 saturated heterocycles. The molecule has 0 aromatic heterocycles. The van der Waals surface area contributed by atoms with Gasteiger partial charge >= 0.3 is 0 Å². The van der Waals surface area contributed by atoms with E-state index in [0.717, 1.165) is 38.6 Å². The van der Waals surface area contributed by atoms with E-state index in [0.29, 0.717) is 26.1 Å². The van der Waals surface area contributed by atoms with Gasteiger partial charge in [-0.2, -0.15) is 0 Å².